The number of carbonyl (C=O) groups is 1. The Morgan fingerprint density at radius 1 is 1.38 bits per heavy atom. The van der Waals surface area contributed by atoms with Crippen LogP contribution in [-0.4, -0.2) is 60.0 Å². The van der Waals surface area contributed by atoms with Gasteiger partial charge in [0.05, 0.1) is 32.5 Å². The summed E-state index contributed by atoms with van der Waals surface area (Å²) in [6, 6.07) is 0.213. The molecule has 1 aliphatic heterocycles. The van der Waals surface area contributed by atoms with Crippen LogP contribution in [-0.2, 0) is 14.2 Å². The molecule has 2 heterocycles. The van der Waals surface area contributed by atoms with E-state index in [9.17, 15) is 4.79 Å². The predicted octanol–water partition coefficient (Wildman–Crippen LogP) is 3.05. The van der Waals surface area contributed by atoms with Gasteiger partial charge in [0.1, 0.15) is 5.56 Å². The molecule has 0 N–H and O–H groups in total. The fourth-order valence-electron chi connectivity index (χ4n) is 3.48. The molecule has 0 atom stereocenters. The van der Waals surface area contributed by atoms with Crippen molar-refractivity contribution in [3.8, 4) is 5.88 Å². The maximum absolute atomic E-state index is 12.3. The third-order valence-corrected chi connectivity index (χ3v) is 5.53. The summed E-state index contributed by atoms with van der Waals surface area (Å²) < 4.78 is 24.4. The van der Waals surface area contributed by atoms with Crippen LogP contribution in [0.25, 0.3) is 0 Å². The summed E-state index contributed by atoms with van der Waals surface area (Å²) in [4.78, 5) is 12.3. The zero-order valence-electron chi connectivity index (χ0n) is 15.6. The molecule has 1 saturated heterocycles. The Labute approximate surface area is 158 Å². The van der Waals surface area contributed by atoms with Gasteiger partial charge in [-0.15, -0.1) is 5.10 Å². The van der Waals surface area contributed by atoms with Crippen LogP contribution >= 0.6 is 11.8 Å². The summed E-state index contributed by atoms with van der Waals surface area (Å²) in [5.41, 5.74) is 0.407. The van der Waals surface area contributed by atoms with Crippen molar-refractivity contribution in [1.29, 1.82) is 0 Å². The number of hydrogen-bond donors (Lipinski definition) is 0. The van der Waals surface area contributed by atoms with E-state index in [1.54, 1.807) is 24.9 Å². The molecule has 1 aliphatic carbocycles. The van der Waals surface area contributed by atoms with Gasteiger partial charge >= 0.3 is 5.97 Å². The van der Waals surface area contributed by atoms with Gasteiger partial charge in [-0.1, -0.05) is 0 Å². The highest BCUT2D eigenvalue weighted by molar-refractivity contribution is 7.98. The van der Waals surface area contributed by atoms with Crippen molar-refractivity contribution in [3.05, 3.63) is 11.8 Å². The zero-order chi connectivity index (χ0) is 18.4. The van der Waals surface area contributed by atoms with E-state index in [1.807, 2.05) is 4.68 Å². The molecule has 0 amide bonds. The fourth-order valence-corrected chi connectivity index (χ4v) is 3.89. The molecule has 3 rings (SSSR count). The molecule has 2 fully saturated rings. The predicted molar refractivity (Wildman–Crippen MR) is 98.8 cm³/mol. The standard InChI is InChI=1S/C18H28N2O5S/c1-3-22-17(21)15-13-20(19-16(15)23-9-4-12-26-2)14-5-7-18(8-6-14)24-10-11-25-18/h13-14H,3-12H2,1-2H3. The Hall–Kier alpha value is -1.25. The van der Waals surface area contributed by atoms with Crippen molar-refractivity contribution in [2.45, 2.75) is 50.9 Å². The number of hydrogen-bond acceptors (Lipinski definition) is 7. The Morgan fingerprint density at radius 2 is 2.12 bits per heavy atom. The number of ether oxygens (including phenoxy) is 4. The van der Waals surface area contributed by atoms with E-state index in [0.717, 1.165) is 37.9 Å². The van der Waals surface area contributed by atoms with Crippen molar-refractivity contribution >= 4 is 17.7 Å². The highest BCUT2D eigenvalue weighted by Gasteiger charge is 2.41. The Kier molecular flexibility index (Phi) is 6.83. The van der Waals surface area contributed by atoms with Gasteiger partial charge in [0.15, 0.2) is 5.79 Å². The molecule has 8 heteroatoms. The molecule has 1 aromatic heterocycles. The summed E-state index contributed by atoms with van der Waals surface area (Å²) in [7, 11) is 0. The highest BCUT2D eigenvalue weighted by Crippen LogP contribution is 2.40. The van der Waals surface area contributed by atoms with Crippen LogP contribution in [0.1, 0.15) is 55.4 Å². The van der Waals surface area contributed by atoms with E-state index >= 15 is 0 Å². The number of nitrogens with zero attached hydrogens (tertiary/aromatic N) is 2. The molecule has 0 aromatic carbocycles. The molecule has 2 aliphatic rings. The first-order valence-corrected chi connectivity index (χ1v) is 10.7. The van der Waals surface area contributed by atoms with E-state index in [-0.39, 0.29) is 12.0 Å². The van der Waals surface area contributed by atoms with Crippen molar-refractivity contribution in [3.63, 3.8) is 0 Å². The molecule has 0 bridgehead atoms. The number of thioether (sulfide) groups is 1. The number of aromatic nitrogens is 2. The molecule has 7 nitrogen and oxygen atoms in total. The second-order valence-corrected chi connectivity index (χ2v) is 7.57. The van der Waals surface area contributed by atoms with Gasteiger partial charge in [-0.2, -0.15) is 11.8 Å². The van der Waals surface area contributed by atoms with Crippen LogP contribution in [0.2, 0.25) is 0 Å². The maximum atomic E-state index is 12.3. The first-order chi connectivity index (χ1) is 12.7. The van der Waals surface area contributed by atoms with Crippen LogP contribution in [0.4, 0.5) is 0 Å². The topological polar surface area (TPSA) is 71.8 Å². The number of esters is 1. The summed E-state index contributed by atoms with van der Waals surface area (Å²) in [5.74, 6) is 0.608. The Morgan fingerprint density at radius 3 is 2.77 bits per heavy atom. The van der Waals surface area contributed by atoms with E-state index in [0.29, 0.717) is 37.9 Å². The lowest BCUT2D eigenvalue weighted by molar-refractivity contribution is -0.181. The lowest BCUT2D eigenvalue weighted by Crippen LogP contribution is -2.35. The summed E-state index contributed by atoms with van der Waals surface area (Å²) in [5, 5.41) is 4.56. The molecular formula is C18H28N2O5S. The first-order valence-electron chi connectivity index (χ1n) is 9.33. The maximum Gasteiger partial charge on any atom is 0.345 e. The molecule has 1 saturated carbocycles. The van der Waals surface area contributed by atoms with Crippen LogP contribution in [0.3, 0.4) is 0 Å². The first kappa shape index (κ1) is 19.5. The van der Waals surface area contributed by atoms with E-state index in [2.05, 4.69) is 11.4 Å². The number of carbonyl (C=O) groups excluding carboxylic acids is 1. The zero-order valence-corrected chi connectivity index (χ0v) is 16.4. The van der Waals surface area contributed by atoms with Crippen LogP contribution < -0.4 is 4.74 Å². The monoisotopic (exact) mass is 384 g/mol. The lowest BCUT2D eigenvalue weighted by Gasteiger charge is -2.35. The van der Waals surface area contributed by atoms with Gasteiger partial charge < -0.3 is 18.9 Å². The molecule has 26 heavy (non-hydrogen) atoms. The molecule has 0 unspecified atom stereocenters. The SMILES string of the molecule is CCOC(=O)c1cn(C2CCC3(CC2)OCCO3)nc1OCCCSC. The quantitative estimate of drug-likeness (QED) is 0.504. The molecule has 1 aromatic rings. The minimum atomic E-state index is -0.398. The Bertz CT molecular complexity index is 590. The summed E-state index contributed by atoms with van der Waals surface area (Å²) >= 11 is 1.77. The van der Waals surface area contributed by atoms with E-state index in [1.165, 1.54) is 0 Å². The molecule has 1 spiro atoms. The van der Waals surface area contributed by atoms with Crippen molar-refractivity contribution in [1.82, 2.24) is 9.78 Å². The van der Waals surface area contributed by atoms with Gasteiger partial charge in [-0.05, 0) is 38.2 Å². The third-order valence-electron chi connectivity index (χ3n) is 4.83. The summed E-state index contributed by atoms with van der Waals surface area (Å²) in [6.45, 7) is 4.01. The average molecular weight is 384 g/mol. The average Bonchev–Trinajstić information content (AvgIpc) is 3.27. The van der Waals surface area contributed by atoms with Crippen molar-refractivity contribution in [2.24, 2.45) is 0 Å². The largest absolute Gasteiger partial charge is 0.476 e. The van der Waals surface area contributed by atoms with Crippen LogP contribution in [0, 0.1) is 0 Å². The second kappa shape index (κ2) is 9.10. The molecular weight excluding hydrogens is 356 g/mol. The van der Waals surface area contributed by atoms with Crippen LogP contribution in [0.15, 0.2) is 6.20 Å². The van der Waals surface area contributed by atoms with Gasteiger partial charge in [0.2, 0.25) is 5.88 Å². The van der Waals surface area contributed by atoms with E-state index in [4.69, 9.17) is 18.9 Å². The fraction of sp³-hybridized carbons (Fsp3) is 0.778. The normalized spacial score (nSPS) is 19.8. The van der Waals surface area contributed by atoms with Crippen molar-refractivity contribution < 1.29 is 23.7 Å². The van der Waals surface area contributed by atoms with Gasteiger partial charge in [-0.25, -0.2) is 4.79 Å². The van der Waals surface area contributed by atoms with Gasteiger partial charge in [-0.3, -0.25) is 4.68 Å². The van der Waals surface area contributed by atoms with Crippen LogP contribution in [0.5, 0.6) is 5.88 Å². The minimum Gasteiger partial charge on any atom is -0.476 e. The van der Waals surface area contributed by atoms with Gasteiger partial charge in [0.25, 0.3) is 0 Å². The third kappa shape index (κ3) is 4.53. The van der Waals surface area contributed by atoms with Gasteiger partial charge in [0, 0.05) is 19.0 Å². The smallest absolute Gasteiger partial charge is 0.345 e. The second-order valence-electron chi connectivity index (χ2n) is 6.58. The van der Waals surface area contributed by atoms with Crippen molar-refractivity contribution in [2.75, 3.05) is 38.4 Å². The molecule has 0 radical (unpaired) electrons. The lowest BCUT2D eigenvalue weighted by atomic mass is 9.90. The molecule has 146 valence electrons. The highest BCUT2D eigenvalue weighted by atomic mass is 32.2. The Balaban J connectivity index is 1.67. The minimum absolute atomic E-state index is 0.213. The van der Waals surface area contributed by atoms with E-state index < -0.39 is 5.79 Å². The number of rotatable bonds is 8. The summed E-state index contributed by atoms with van der Waals surface area (Å²) in [6.07, 6.45) is 8.22.